The number of amides is 1. The average molecular weight is 545 g/mol. The number of aromatic nitrogens is 1. The van der Waals surface area contributed by atoms with Crippen LogP contribution in [0.5, 0.6) is 5.75 Å². The molecule has 0 bridgehead atoms. The Labute approximate surface area is 222 Å². The maximum Gasteiger partial charge on any atom is 0.416 e. The molecule has 0 spiro atoms. The smallest absolute Gasteiger partial charge is 0.416 e. The molecule has 1 amide bonds. The van der Waals surface area contributed by atoms with E-state index in [0.29, 0.717) is 16.3 Å². The first-order valence-corrected chi connectivity index (χ1v) is 11.8. The van der Waals surface area contributed by atoms with Crippen LogP contribution in [0.15, 0.2) is 65.4 Å². The van der Waals surface area contributed by atoms with E-state index in [-0.39, 0.29) is 22.5 Å². The molecule has 6 nitrogen and oxygen atoms in total. The molecule has 10 heteroatoms. The Balaban J connectivity index is 1.84. The van der Waals surface area contributed by atoms with Gasteiger partial charge in [0.15, 0.2) is 0 Å². The normalized spacial score (nSPS) is 15.0. The first-order chi connectivity index (χ1) is 17.9. The molecule has 0 unspecified atom stereocenters. The van der Waals surface area contributed by atoms with Gasteiger partial charge in [0, 0.05) is 28.5 Å². The summed E-state index contributed by atoms with van der Waals surface area (Å²) in [5.41, 5.74) is 2.23. The molecule has 38 heavy (non-hydrogen) atoms. The summed E-state index contributed by atoms with van der Waals surface area (Å²) >= 11 is 6.32. The first-order valence-electron chi connectivity index (χ1n) is 11.4. The summed E-state index contributed by atoms with van der Waals surface area (Å²) in [4.78, 5) is 27.4. The van der Waals surface area contributed by atoms with Gasteiger partial charge in [-0.3, -0.25) is 9.69 Å². The number of hydrogen-bond acceptors (Lipinski definition) is 4. The number of ether oxygens (including phenoxy) is 2. The topological polar surface area (TPSA) is 60.8 Å². The Morgan fingerprint density at radius 2 is 1.71 bits per heavy atom. The van der Waals surface area contributed by atoms with Crippen LogP contribution in [0.2, 0.25) is 5.02 Å². The summed E-state index contributed by atoms with van der Waals surface area (Å²) in [7, 11) is 2.70. The van der Waals surface area contributed by atoms with Crippen molar-refractivity contribution >= 4 is 35.2 Å². The second-order valence-corrected chi connectivity index (χ2v) is 9.09. The molecular weight excluding hydrogens is 521 g/mol. The van der Waals surface area contributed by atoms with Crippen LogP contribution in [-0.2, 0) is 20.5 Å². The molecule has 0 saturated heterocycles. The molecule has 2 heterocycles. The Bertz CT molecular complexity index is 1520. The number of aryl methyl sites for hydroxylation is 1. The number of halogens is 4. The third-order valence-electron chi connectivity index (χ3n) is 6.38. The minimum atomic E-state index is -4.60. The van der Waals surface area contributed by atoms with Crippen LogP contribution >= 0.6 is 11.6 Å². The van der Waals surface area contributed by atoms with Crippen LogP contribution in [0.25, 0.3) is 11.8 Å². The Hall–Kier alpha value is -3.98. The molecule has 0 N–H and O–H groups in total. The summed E-state index contributed by atoms with van der Waals surface area (Å²) < 4.78 is 52.1. The summed E-state index contributed by atoms with van der Waals surface area (Å²) in [6.07, 6.45) is -3.04. The van der Waals surface area contributed by atoms with Crippen LogP contribution in [0.1, 0.15) is 29.4 Å². The number of anilines is 1. The van der Waals surface area contributed by atoms with E-state index in [1.54, 1.807) is 18.2 Å². The van der Waals surface area contributed by atoms with E-state index < -0.39 is 23.6 Å². The monoisotopic (exact) mass is 544 g/mol. The molecule has 0 aliphatic carbocycles. The van der Waals surface area contributed by atoms with Crippen LogP contribution < -0.4 is 9.64 Å². The fourth-order valence-electron chi connectivity index (χ4n) is 4.59. The molecule has 0 atom stereocenters. The molecule has 0 fully saturated rings. The predicted octanol–water partition coefficient (Wildman–Crippen LogP) is 6.65. The lowest BCUT2D eigenvalue weighted by Crippen LogP contribution is -2.25. The van der Waals surface area contributed by atoms with Gasteiger partial charge < -0.3 is 14.0 Å². The third kappa shape index (κ3) is 4.69. The Kier molecular flexibility index (Phi) is 7.16. The van der Waals surface area contributed by atoms with Gasteiger partial charge in [0.05, 0.1) is 36.0 Å². The highest BCUT2D eigenvalue weighted by Gasteiger charge is 2.39. The van der Waals surface area contributed by atoms with E-state index in [1.165, 1.54) is 33.3 Å². The second kappa shape index (κ2) is 10.1. The van der Waals surface area contributed by atoms with Crippen LogP contribution in [0.4, 0.5) is 18.9 Å². The third-order valence-corrected chi connectivity index (χ3v) is 6.68. The summed E-state index contributed by atoms with van der Waals surface area (Å²) in [6.45, 7) is 5.21. The van der Waals surface area contributed by atoms with Gasteiger partial charge in [0.25, 0.3) is 5.91 Å². The predicted molar refractivity (Wildman–Crippen MR) is 138 cm³/mol. The van der Waals surface area contributed by atoms with Crippen molar-refractivity contribution in [3.8, 4) is 11.4 Å². The van der Waals surface area contributed by atoms with Gasteiger partial charge in [-0.1, -0.05) is 17.7 Å². The zero-order valence-corrected chi connectivity index (χ0v) is 22.0. The number of rotatable bonds is 5. The van der Waals surface area contributed by atoms with Gasteiger partial charge >= 0.3 is 12.1 Å². The van der Waals surface area contributed by atoms with Crippen molar-refractivity contribution in [3.05, 3.63) is 92.9 Å². The van der Waals surface area contributed by atoms with Crippen molar-refractivity contribution in [2.45, 2.75) is 26.9 Å². The number of methoxy groups -OCH3 is 2. The van der Waals surface area contributed by atoms with Gasteiger partial charge in [-0.15, -0.1) is 0 Å². The van der Waals surface area contributed by atoms with Crippen molar-refractivity contribution in [3.63, 3.8) is 0 Å². The maximum atomic E-state index is 13.6. The lowest BCUT2D eigenvalue weighted by molar-refractivity contribution is -0.137. The number of benzene rings is 2. The summed E-state index contributed by atoms with van der Waals surface area (Å²) in [5, 5.41) is 0.423. The van der Waals surface area contributed by atoms with Gasteiger partial charge in [-0.2, -0.15) is 13.2 Å². The largest absolute Gasteiger partial charge is 0.495 e. The molecule has 4 rings (SSSR count). The zero-order valence-electron chi connectivity index (χ0n) is 21.2. The zero-order chi connectivity index (χ0) is 27.9. The van der Waals surface area contributed by atoms with Crippen molar-refractivity contribution in [1.29, 1.82) is 0 Å². The number of hydrogen-bond donors (Lipinski definition) is 0. The molecule has 198 valence electrons. The highest BCUT2D eigenvalue weighted by molar-refractivity contribution is 6.32. The van der Waals surface area contributed by atoms with E-state index in [9.17, 15) is 22.8 Å². The molecule has 2 aromatic carbocycles. The number of esters is 1. The van der Waals surface area contributed by atoms with Crippen molar-refractivity contribution < 1.29 is 32.2 Å². The van der Waals surface area contributed by atoms with Gasteiger partial charge in [-0.25, -0.2) is 4.79 Å². The van der Waals surface area contributed by atoms with Crippen molar-refractivity contribution in [1.82, 2.24) is 4.57 Å². The second-order valence-electron chi connectivity index (χ2n) is 8.68. The van der Waals surface area contributed by atoms with Crippen molar-refractivity contribution in [2.24, 2.45) is 0 Å². The average Bonchev–Trinajstić information content (AvgIpc) is 3.28. The summed E-state index contributed by atoms with van der Waals surface area (Å²) in [5.74, 6) is -0.887. The fourth-order valence-corrected chi connectivity index (χ4v) is 4.85. The van der Waals surface area contributed by atoms with E-state index in [0.717, 1.165) is 34.1 Å². The SMILES string of the molecule is COC(=O)C1=C(C)N(c2cccc(C(F)(F)F)c2)C(=O)/C1=C/c1cc(C)n(-c2ccc(OC)c(Cl)c2)c1C. The first kappa shape index (κ1) is 27.1. The van der Waals surface area contributed by atoms with Gasteiger partial charge in [-0.05, 0) is 74.9 Å². The van der Waals surface area contributed by atoms with Gasteiger partial charge in [0.2, 0.25) is 0 Å². The number of carbonyl (C=O) groups excluding carboxylic acids is 2. The minimum absolute atomic E-state index is 0.00882. The van der Waals surface area contributed by atoms with E-state index in [4.69, 9.17) is 21.1 Å². The number of carbonyl (C=O) groups is 2. The summed E-state index contributed by atoms with van der Waals surface area (Å²) in [6, 6.07) is 11.5. The number of nitrogens with zero attached hydrogens (tertiary/aromatic N) is 2. The molecule has 1 aliphatic heterocycles. The van der Waals surface area contributed by atoms with Gasteiger partial charge in [0.1, 0.15) is 5.75 Å². The lowest BCUT2D eigenvalue weighted by atomic mass is 10.0. The van der Waals surface area contributed by atoms with Crippen molar-refractivity contribution in [2.75, 3.05) is 19.1 Å². The Morgan fingerprint density at radius 3 is 2.32 bits per heavy atom. The van der Waals surface area contributed by atoms with Crippen LogP contribution in [-0.4, -0.2) is 30.7 Å². The highest BCUT2D eigenvalue weighted by Crippen LogP contribution is 2.39. The molecule has 1 aromatic heterocycles. The lowest BCUT2D eigenvalue weighted by Gasteiger charge is -2.19. The highest BCUT2D eigenvalue weighted by atomic mass is 35.5. The quantitative estimate of drug-likeness (QED) is 0.266. The maximum absolute atomic E-state index is 13.6. The van der Waals surface area contributed by atoms with Crippen LogP contribution in [0.3, 0.4) is 0 Å². The molecule has 0 radical (unpaired) electrons. The number of allylic oxidation sites excluding steroid dienone is 1. The van der Waals surface area contributed by atoms with E-state index >= 15 is 0 Å². The van der Waals surface area contributed by atoms with E-state index in [1.807, 2.05) is 30.5 Å². The molecule has 1 aliphatic rings. The van der Waals surface area contributed by atoms with Crippen LogP contribution in [0, 0.1) is 13.8 Å². The molecular formula is C28H24ClF3N2O4. The molecule has 3 aromatic rings. The standard InChI is InChI=1S/C28H24ClF3N2O4/c1-15-11-18(16(2)33(15)21-9-10-24(37-4)23(29)14-21)12-22-25(27(36)38-5)17(3)34(26(22)35)20-8-6-7-19(13-20)28(30,31)32/h6-14H,1-5H3/b22-12+. The number of alkyl halides is 3. The fraction of sp³-hybridized carbons (Fsp3) is 0.214. The minimum Gasteiger partial charge on any atom is -0.495 e. The van der Waals surface area contributed by atoms with E-state index in [2.05, 4.69) is 0 Å². The molecule has 0 saturated carbocycles. The Morgan fingerprint density at radius 1 is 1.00 bits per heavy atom.